The monoisotopic (exact) mass is 215 g/mol. The van der Waals surface area contributed by atoms with Crippen molar-refractivity contribution < 1.29 is 14.8 Å². The summed E-state index contributed by atoms with van der Waals surface area (Å²) in [5.41, 5.74) is -3.16. The van der Waals surface area contributed by atoms with Crippen LogP contribution in [0.5, 0.6) is 0 Å². The van der Waals surface area contributed by atoms with Crippen molar-refractivity contribution in [3.63, 3.8) is 0 Å². The van der Waals surface area contributed by atoms with Crippen LogP contribution in [0.25, 0.3) is 0 Å². The Morgan fingerprint density at radius 3 is 2.07 bits per heavy atom. The first-order valence-corrected chi connectivity index (χ1v) is 3.72. The molecular weight excluding hydrogens is 210 g/mol. The molecule has 1 aliphatic rings. The van der Waals surface area contributed by atoms with Gasteiger partial charge in [0.15, 0.2) is 6.42 Å². The lowest BCUT2D eigenvalue weighted by atomic mass is 10.00. The molecule has 80 valence electrons. The van der Waals surface area contributed by atoms with Crippen LogP contribution in [0.15, 0.2) is 23.9 Å². The van der Waals surface area contributed by atoms with Crippen LogP contribution in [0, 0.1) is 30.3 Å². The first-order chi connectivity index (χ1) is 6.90. The fraction of sp³-hybridized carbons (Fsp3) is 0.333. The third-order valence-electron chi connectivity index (χ3n) is 1.96. The maximum atomic E-state index is 10.5. The van der Waals surface area contributed by atoms with Crippen LogP contribution in [-0.2, 0) is 0 Å². The molecule has 0 amide bonds. The number of nitrogens with zero attached hydrogens (tertiary/aromatic N) is 3. The van der Waals surface area contributed by atoms with Gasteiger partial charge in [-0.25, -0.2) is 0 Å². The average molecular weight is 215 g/mol. The summed E-state index contributed by atoms with van der Waals surface area (Å²) in [4.78, 5) is 28.3. The standard InChI is InChI=1S/C6H5N3O6/c10-7(11)5-2-1-3-6(4-5,8(12)13)9(14)15/h1-3H,4H2. The average Bonchev–Trinajstić information content (AvgIpc) is 2.17. The van der Waals surface area contributed by atoms with Crippen LogP contribution in [0.2, 0.25) is 0 Å². The molecule has 1 aliphatic carbocycles. The van der Waals surface area contributed by atoms with Crippen molar-refractivity contribution in [2.24, 2.45) is 0 Å². The Bertz CT molecular complexity index is 384. The summed E-state index contributed by atoms with van der Waals surface area (Å²) in [6.45, 7) is 0. The van der Waals surface area contributed by atoms with E-state index in [-0.39, 0.29) is 0 Å². The predicted octanol–water partition coefficient (Wildman–Crippen LogP) is 0.357. The van der Waals surface area contributed by atoms with E-state index in [0.717, 1.165) is 18.2 Å². The minimum Gasteiger partial charge on any atom is -0.259 e. The number of allylic oxidation sites excluding steroid dienone is 2. The van der Waals surface area contributed by atoms with Crippen LogP contribution in [-0.4, -0.2) is 20.4 Å². The Balaban J connectivity index is 3.14. The van der Waals surface area contributed by atoms with E-state index in [2.05, 4.69) is 0 Å². The lowest BCUT2D eigenvalue weighted by Gasteiger charge is -2.13. The maximum absolute atomic E-state index is 10.5. The number of rotatable bonds is 3. The number of hydrogen-bond acceptors (Lipinski definition) is 6. The van der Waals surface area contributed by atoms with Crippen molar-refractivity contribution in [1.82, 2.24) is 0 Å². The summed E-state index contributed by atoms with van der Waals surface area (Å²) >= 11 is 0. The molecule has 0 fully saturated rings. The second-order valence-corrected chi connectivity index (χ2v) is 2.84. The van der Waals surface area contributed by atoms with Gasteiger partial charge in [-0.3, -0.25) is 30.3 Å². The summed E-state index contributed by atoms with van der Waals surface area (Å²) < 4.78 is 0. The molecule has 0 aliphatic heterocycles. The van der Waals surface area contributed by atoms with Gasteiger partial charge in [-0.05, 0) is 6.08 Å². The summed E-state index contributed by atoms with van der Waals surface area (Å²) in [5, 5.41) is 31.4. The second-order valence-electron chi connectivity index (χ2n) is 2.84. The molecule has 15 heavy (non-hydrogen) atoms. The van der Waals surface area contributed by atoms with E-state index in [1.807, 2.05) is 0 Å². The molecule has 0 bridgehead atoms. The fourth-order valence-corrected chi connectivity index (χ4v) is 1.14. The van der Waals surface area contributed by atoms with Gasteiger partial charge in [0.05, 0.1) is 11.0 Å². The largest absolute Gasteiger partial charge is 0.488 e. The van der Waals surface area contributed by atoms with E-state index in [9.17, 15) is 30.3 Å². The van der Waals surface area contributed by atoms with Crippen molar-refractivity contribution in [1.29, 1.82) is 0 Å². The van der Waals surface area contributed by atoms with Gasteiger partial charge in [0.25, 0.3) is 5.70 Å². The van der Waals surface area contributed by atoms with Gasteiger partial charge in [-0.15, -0.1) is 0 Å². The van der Waals surface area contributed by atoms with Gasteiger partial charge < -0.3 is 0 Å². The lowest BCUT2D eigenvalue weighted by molar-refractivity contribution is -0.782. The SMILES string of the molecule is O=[N+]([O-])C1=CC=CC([N+](=O)[O-])([N+](=O)[O-])C1. The third-order valence-corrected chi connectivity index (χ3v) is 1.96. The topological polar surface area (TPSA) is 129 Å². The van der Waals surface area contributed by atoms with Crippen molar-refractivity contribution >= 4 is 0 Å². The van der Waals surface area contributed by atoms with Gasteiger partial charge in [0.1, 0.15) is 9.85 Å². The zero-order valence-corrected chi connectivity index (χ0v) is 7.23. The number of nitro groups is 3. The van der Waals surface area contributed by atoms with Gasteiger partial charge in [-0.1, -0.05) is 0 Å². The molecule has 0 saturated carbocycles. The Morgan fingerprint density at radius 1 is 1.13 bits per heavy atom. The van der Waals surface area contributed by atoms with E-state index < -0.39 is 32.6 Å². The van der Waals surface area contributed by atoms with Crippen LogP contribution >= 0.6 is 0 Å². The van der Waals surface area contributed by atoms with Crippen LogP contribution < -0.4 is 0 Å². The highest BCUT2D eigenvalue weighted by atomic mass is 16.7. The molecular formula is C6H5N3O6. The van der Waals surface area contributed by atoms with E-state index in [0.29, 0.717) is 0 Å². The zero-order valence-electron chi connectivity index (χ0n) is 7.23. The van der Waals surface area contributed by atoms with Gasteiger partial charge >= 0.3 is 5.66 Å². The smallest absolute Gasteiger partial charge is 0.259 e. The number of hydrogen-bond donors (Lipinski definition) is 0. The van der Waals surface area contributed by atoms with Crippen molar-refractivity contribution in [3.8, 4) is 0 Å². The summed E-state index contributed by atoms with van der Waals surface area (Å²) in [6, 6.07) is 0. The molecule has 0 unspecified atom stereocenters. The van der Waals surface area contributed by atoms with E-state index in [4.69, 9.17) is 0 Å². The second kappa shape index (κ2) is 3.44. The van der Waals surface area contributed by atoms with Crippen LogP contribution in [0.1, 0.15) is 6.42 Å². The van der Waals surface area contributed by atoms with Crippen LogP contribution in [0.4, 0.5) is 0 Å². The first-order valence-electron chi connectivity index (χ1n) is 3.72. The molecule has 0 aromatic heterocycles. The molecule has 0 saturated heterocycles. The molecule has 0 N–H and O–H groups in total. The lowest BCUT2D eigenvalue weighted by Crippen LogP contribution is -2.46. The third kappa shape index (κ3) is 1.66. The van der Waals surface area contributed by atoms with Crippen molar-refractivity contribution in [2.75, 3.05) is 0 Å². The molecule has 9 nitrogen and oxygen atoms in total. The van der Waals surface area contributed by atoms with Gasteiger partial charge in [0, 0.05) is 6.08 Å². The Hall–Kier alpha value is -2.32. The van der Waals surface area contributed by atoms with Crippen molar-refractivity contribution in [2.45, 2.75) is 12.1 Å². The van der Waals surface area contributed by atoms with E-state index in [1.165, 1.54) is 0 Å². The molecule has 0 heterocycles. The molecule has 0 aromatic rings. The minimum absolute atomic E-state index is 0.550. The Kier molecular flexibility index (Phi) is 2.47. The maximum Gasteiger partial charge on any atom is 0.488 e. The highest BCUT2D eigenvalue weighted by molar-refractivity contribution is 5.18. The predicted molar refractivity (Wildman–Crippen MR) is 45.6 cm³/mol. The quantitative estimate of drug-likeness (QED) is 0.379. The van der Waals surface area contributed by atoms with Crippen LogP contribution in [0.3, 0.4) is 0 Å². The first kappa shape index (κ1) is 10.8. The summed E-state index contributed by atoms with van der Waals surface area (Å²) in [6.07, 6.45) is 1.84. The molecule has 0 aromatic carbocycles. The van der Waals surface area contributed by atoms with E-state index in [1.54, 1.807) is 0 Å². The fourth-order valence-electron chi connectivity index (χ4n) is 1.14. The molecule has 0 radical (unpaired) electrons. The van der Waals surface area contributed by atoms with Gasteiger partial charge in [-0.2, -0.15) is 0 Å². The highest BCUT2D eigenvalue weighted by Crippen LogP contribution is 2.26. The zero-order chi connectivity index (χ0) is 11.6. The molecule has 0 spiro atoms. The minimum atomic E-state index is -2.61. The van der Waals surface area contributed by atoms with E-state index >= 15 is 0 Å². The van der Waals surface area contributed by atoms with Crippen molar-refractivity contribution in [3.05, 3.63) is 54.3 Å². The Morgan fingerprint density at radius 2 is 1.67 bits per heavy atom. The normalized spacial score (nSPS) is 18.0. The Labute approximate surface area is 82.1 Å². The molecule has 0 atom stereocenters. The van der Waals surface area contributed by atoms with Gasteiger partial charge in [0.2, 0.25) is 0 Å². The summed E-state index contributed by atoms with van der Waals surface area (Å²) in [7, 11) is 0. The molecule has 9 heteroatoms. The highest BCUT2D eigenvalue weighted by Gasteiger charge is 2.57. The summed E-state index contributed by atoms with van der Waals surface area (Å²) in [5.74, 6) is 0. The molecule has 1 rings (SSSR count).